The van der Waals surface area contributed by atoms with Gasteiger partial charge in [-0.1, -0.05) is 17.7 Å². The van der Waals surface area contributed by atoms with Gasteiger partial charge in [-0.3, -0.25) is 0 Å². The number of fused-ring (bicyclic) bond motifs is 1. The van der Waals surface area contributed by atoms with Gasteiger partial charge in [0.25, 0.3) is 0 Å². The molecule has 0 amide bonds. The highest BCUT2D eigenvalue weighted by Gasteiger charge is 2.07. The van der Waals surface area contributed by atoms with Crippen molar-refractivity contribution in [1.82, 2.24) is 14.0 Å². The Morgan fingerprint density at radius 2 is 2.00 bits per heavy atom. The predicted molar refractivity (Wildman–Crippen MR) is 74.8 cm³/mol. The summed E-state index contributed by atoms with van der Waals surface area (Å²) in [6, 6.07) is 8.31. The fraction of sp³-hybridized carbons (Fsp3) is 0.231. The quantitative estimate of drug-likeness (QED) is 0.765. The minimum atomic E-state index is 0.865. The Balaban J connectivity index is 1.93. The molecule has 0 bridgehead atoms. The van der Waals surface area contributed by atoms with E-state index in [1.165, 1.54) is 22.7 Å². The van der Waals surface area contributed by atoms with Crippen LogP contribution in [0.5, 0.6) is 0 Å². The molecule has 1 aromatic carbocycles. The summed E-state index contributed by atoms with van der Waals surface area (Å²) < 4.78 is 1.83. The minimum Gasteiger partial charge on any atom is -0.330 e. The van der Waals surface area contributed by atoms with Gasteiger partial charge in [-0.15, -0.1) is 0 Å². The maximum atomic E-state index is 4.50. The van der Waals surface area contributed by atoms with Crippen LogP contribution in [0.15, 0.2) is 24.3 Å². The molecule has 0 aliphatic rings. The van der Waals surface area contributed by atoms with E-state index in [2.05, 4.69) is 47.4 Å². The largest absolute Gasteiger partial charge is 0.330 e. The molecule has 5 heteroatoms. The number of hydrogen-bond donors (Lipinski definition) is 1. The highest BCUT2D eigenvalue weighted by Crippen LogP contribution is 2.24. The van der Waals surface area contributed by atoms with E-state index in [0.29, 0.717) is 0 Å². The van der Waals surface area contributed by atoms with Gasteiger partial charge >= 0.3 is 0 Å². The third-order valence-electron chi connectivity index (χ3n) is 2.80. The molecule has 0 radical (unpaired) electrons. The van der Waals surface area contributed by atoms with Gasteiger partial charge in [0, 0.05) is 23.3 Å². The van der Waals surface area contributed by atoms with Gasteiger partial charge in [-0.2, -0.15) is 14.0 Å². The molecule has 4 nitrogen and oxygen atoms in total. The average Bonchev–Trinajstić information content (AvgIpc) is 2.79. The van der Waals surface area contributed by atoms with Crippen LogP contribution in [0, 0.1) is 20.8 Å². The minimum absolute atomic E-state index is 0.865. The topological polar surface area (TPSA) is 42.2 Å². The van der Waals surface area contributed by atoms with Crippen molar-refractivity contribution in [2.45, 2.75) is 20.8 Å². The lowest BCUT2D eigenvalue weighted by molar-refractivity contribution is 1.02. The Hall–Kier alpha value is -1.88. The van der Waals surface area contributed by atoms with Gasteiger partial charge in [0.1, 0.15) is 0 Å². The van der Waals surface area contributed by atoms with Gasteiger partial charge in [0.2, 0.25) is 5.13 Å². The van der Waals surface area contributed by atoms with Crippen molar-refractivity contribution in [3.05, 3.63) is 41.1 Å². The van der Waals surface area contributed by atoms with E-state index in [4.69, 9.17) is 0 Å². The van der Waals surface area contributed by atoms with Gasteiger partial charge in [0.15, 0.2) is 5.65 Å². The Bertz CT molecular complexity index is 679. The second kappa shape index (κ2) is 4.10. The first-order valence-electron chi connectivity index (χ1n) is 5.80. The Morgan fingerprint density at radius 1 is 1.17 bits per heavy atom. The SMILES string of the molecule is Cc1ccc(Nc2nc3cc(C)nn3s2)c(C)c1. The number of benzene rings is 1. The summed E-state index contributed by atoms with van der Waals surface area (Å²) in [7, 11) is 0. The van der Waals surface area contributed by atoms with E-state index in [9.17, 15) is 0 Å². The molecule has 0 unspecified atom stereocenters. The summed E-state index contributed by atoms with van der Waals surface area (Å²) in [4.78, 5) is 4.50. The second-order valence-corrected chi connectivity index (χ2v) is 5.38. The van der Waals surface area contributed by atoms with E-state index < -0.39 is 0 Å². The highest BCUT2D eigenvalue weighted by atomic mass is 32.1. The number of nitrogens with one attached hydrogen (secondary N) is 1. The summed E-state index contributed by atoms with van der Waals surface area (Å²) in [5, 5.41) is 8.55. The number of rotatable bonds is 2. The average molecular weight is 258 g/mol. The molecule has 0 aliphatic carbocycles. The standard InChI is InChI=1S/C13H14N4S/c1-8-4-5-11(9(2)6-8)14-13-15-12-7-10(3)16-17(12)18-13/h4-7H,1-3H3,(H,14,15). The van der Waals surface area contributed by atoms with Crippen LogP contribution in [-0.4, -0.2) is 14.0 Å². The van der Waals surface area contributed by atoms with Crippen molar-refractivity contribution in [3.8, 4) is 0 Å². The zero-order chi connectivity index (χ0) is 12.7. The fourth-order valence-corrected chi connectivity index (χ4v) is 2.74. The number of anilines is 2. The Labute approximate surface area is 109 Å². The molecule has 0 aliphatic heterocycles. The lowest BCUT2D eigenvalue weighted by atomic mass is 10.1. The van der Waals surface area contributed by atoms with Crippen LogP contribution in [0.25, 0.3) is 5.65 Å². The van der Waals surface area contributed by atoms with E-state index >= 15 is 0 Å². The van der Waals surface area contributed by atoms with Crippen LogP contribution in [0.3, 0.4) is 0 Å². The molecule has 1 N–H and O–H groups in total. The molecule has 3 aromatic rings. The van der Waals surface area contributed by atoms with Crippen molar-refractivity contribution in [2.75, 3.05) is 5.32 Å². The van der Waals surface area contributed by atoms with Crippen molar-refractivity contribution in [2.24, 2.45) is 0 Å². The number of nitrogens with zero attached hydrogens (tertiary/aromatic N) is 3. The molecule has 18 heavy (non-hydrogen) atoms. The van der Waals surface area contributed by atoms with Gasteiger partial charge in [-0.25, -0.2) is 0 Å². The first-order valence-corrected chi connectivity index (χ1v) is 6.57. The molecule has 3 rings (SSSR count). The maximum absolute atomic E-state index is 4.50. The summed E-state index contributed by atoms with van der Waals surface area (Å²) in [5.74, 6) is 0. The third-order valence-corrected chi connectivity index (χ3v) is 3.60. The lowest BCUT2D eigenvalue weighted by Crippen LogP contribution is -1.92. The third kappa shape index (κ3) is 1.97. The number of aromatic nitrogens is 3. The Morgan fingerprint density at radius 3 is 2.72 bits per heavy atom. The van der Waals surface area contributed by atoms with Gasteiger partial charge < -0.3 is 5.32 Å². The van der Waals surface area contributed by atoms with Crippen LogP contribution in [0.1, 0.15) is 16.8 Å². The van der Waals surface area contributed by atoms with Crippen LogP contribution >= 0.6 is 11.5 Å². The summed E-state index contributed by atoms with van der Waals surface area (Å²) in [6.45, 7) is 6.16. The smallest absolute Gasteiger partial charge is 0.207 e. The fourth-order valence-electron chi connectivity index (χ4n) is 1.93. The number of aryl methyl sites for hydroxylation is 3. The maximum Gasteiger partial charge on any atom is 0.207 e. The number of hydrogen-bond acceptors (Lipinski definition) is 4. The van der Waals surface area contributed by atoms with Crippen LogP contribution in [0.4, 0.5) is 10.8 Å². The zero-order valence-electron chi connectivity index (χ0n) is 10.6. The van der Waals surface area contributed by atoms with Crippen LogP contribution in [-0.2, 0) is 0 Å². The van der Waals surface area contributed by atoms with Crippen molar-refractivity contribution in [1.29, 1.82) is 0 Å². The summed E-state index contributed by atoms with van der Waals surface area (Å²) >= 11 is 1.51. The van der Waals surface area contributed by atoms with Crippen molar-refractivity contribution < 1.29 is 0 Å². The molecular weight excluding hydrogens is 244 g/mol. The van der Waals surface area contributed by atoms with Crippen molar-refractivity contribution in [3.63, 3.8) is 0 Å². The molecular formula is C13H14N4S. The van der Waals surface area contributed by atoms with Crippen LogP contribution in [0.2, 0.25) is 0 Å². The lowest BCUT2D eigenvalue weighted by Gasteiger charge is -2.06. The normalized spacial score (nSPS) is 11.1. The molecule has 0 atom stereocenters. The van der Waals surface area contributed by atoms with E-state index in [1.54, 1.807) is 0 Å². The van der Waals surface area contributed by atoms with Crippen molar-refractivity contribution >= 4 is 28.0 Å². The summed E-state index contributed by atoms with van der Waals surface area (Å²) in [6.07, 6.45) is 0. The first kappa shape index (κ1) is 11.2. The second-order valence-electron chi connectivity index (χ2n) is 4.47. The van der Waals surface area contributed by atoms with E-state index in [-0.39, 0.29) is 0 Å². The Kier molecular flexibility index (Phi) is 2.56. The summed E-state index contributed by atoms with van der Waals surface area (Å²) in [5.41, 5.74) is 5.47. The molecule has 2 aromatic heterocycles. The molecule has 2 heterocycles. The zero-order valence-corrected chi connectivity index (χ0v) is 11.4. The first-order chi connectivity index (χ1) is 8.61. The predicted octanol–water partition coefficient (Wildman–Crippen LogP) is 3.46. The molecule has 0 saturated carbocycles. The molecule has 0 fully saturated rings. The van der Waals surface area contributed by atoms with Crippen LogP contribution < -0.4 is 5.32 Å². The van der Waals surface area contributed by atoms with Gasteiger partial charge in [-0.05, 0) is 32.4 Å². The van der Waals surface area contributed by atoms with E-state index in [0.717, 1.165) is 22.2 Å². The highest BCUT2D eigenvalue weighted by molar-refractivity contribution is 7.10. The molecule has 0 saturated heterocycles. The van der Waals surface area contributed by atoms with E-state index in [1.807, 2.05) is 16.9 Å². The molecule has 0 spiro atoms. The molecule has 92 valence electrons. The monoisotopic (exact) mass is 258 g/mol. The van der Waals surface area contributed by atoms with Gasteiger partial charge in [0.05, 0.1) is 5.69 Å².